The van der Waals surface area contributed by atoms with E-state index in [4.69, 9.17) is 25.4 Å². The molecule has 0 bridgehead atoms. The van der Waals surface area contributed by atoms with E-state index in [-0.39, 0.29) is 41.4 Å². The molecule has 1 aliphatic heterocycles. The minimum atomic E-state index is -1.27. The van der Waals surface area contributed by atoms with E-state index in [0.717, 1.165) is 14.2 Å². The molecular weight excluding hydrogens is 462 g/mol. The van der Waals surface area contributed by atoms with Gasteiger partial charge in [-0.3, -0.25) is 15.1 Å². The van der Waals surface area contributed by atoms with Crippen LogP contribution >= 0.6 is 0 Å². The third kappa shape index (κ3) is 5.49. The second-order valence-corrected chi connectivity index (χ2v) is 7.41. The fourth-order valence-electron chi connectivity index (χ4n) is 3.55. The summed E-state index contributed by atoms with van der Waals surface area (Å²) in [6.45, 7) is -0.0575. The molecule has 1 aliphatic rings. The number of hydrogen-bond acceptors (Lipinski definition) is 9. The van der Waals surface area contributed by atoms with Crippen molar-refractivity contribution in [3.05, 3.63) is 58.7 Å². The number of nitrogen functional groups attached to an aromatic ring is 1. The molecule has 0 aromatic heterocycles. The van der Waals surface area contributed by atoms with Crippen molar-refractivity contribution in [3.63, 3.8) is 0 Å². The average Bonchev–Trinajstić information content (AvgIpc) is 3.22. The van der Waals surface area contributed by atoms with Crippen LogP contribution in [0.5, 0.6) is 5.75 Å². The van der Waals surface area contributed by atoms with Gasteiger partial charge in [0.25, 0.3) is 0 Å². The predicted octanol–water partition coefficient (Wildman–Crippen LogP) is 1.58. The quantitative estimate of drug-likeness (QED) is 0.204. The summed E-state index contributed by atoms with van der Waals surface area (Å²) in [7, 11) is 2.21. The SMILES string of the molecule is COC(=O)c1ccc(OCC2CN(c3cccc(C(=N)N)c3)C(=O)O2)c(CC(=O)O)c1C(=O)OC. The lowest BCUT2D eigenvalue weighted by Crippen LogP contribution is -2.27. The van der Waals surface area contributed by atoms with Crippen molar-refractivity contribution in [3.8, 4) is 5.75 Å². The van der Waals surface area contributed by atoms with Gasteiger partial charge in [0.2, 0.25) is 0 Å². The first-order chi connectivity index (χ1) is 16.7. The van der Waals surface area contributed by atoms with Gasteiger partial charge in [0.15, 0.2) is 6.10 Å². The van der Waals surface area contributed by atoms with Gasteiger partial charge in [0, 0.05) is 16.8 Å². The Morgan fingerprint density at radius 3 is 2.51 bits per heavy atom. The molecule has 1 fully saturated rings. The summed E-state index contributed by atoms with van der Waals surface area (Å²) in [5.41, 5.74) is 5.89. The highest BCUT2D eigenvalue weighted by molar-refractivity contribution is 6.05. The second kappa shape index (κ2) is 10.5. The lowest BCUT2D eigenvalue weighted by atomic mass is 9.97. The number of amides is 1. The molecule has 3 rings (SSSR count). The molecule has 0 aliphatic carbocycles. The van der Waals surface area contributed by atoms with E-state index in [2.05, 4.69) is 4.74 Å². The van der Waals surface area contributed by atoms with Gasteiger partial charge in [-0.1, -0.05) is 12.1 Å². The number of anilines is 1. The van der Waals surface area contributed by atoms with Crippen molar-refractivity contribution in [1.82, 2.24) is 0 Å². The summed E-state index contributed by atoms with van der Waals surface area (Å²) in [5, 5.41) is 16.9. The van der Waals surface area contributed by atoms with Crippen molar-refractivity contribution in [2.24, 2.45) is 5.73 Å². The molecular formula is C23H23N3O9. The summed E-state index contributed by atoms with van der Waals surface area (Å²) < 4.78 is 20.5. The van der Waals surface area contributed by atoms with Crippen LogP contribution in [0.3, 0.4) is 0 Å². The number of carboxylic acid groups (broad SMARTS) is 1. The Kier molecular flexibility index (Phi) is 7.54. The molecule has 12 heteroatoms. The maximum Gasteiger partial charge on any atom is 0.414 e. The molecule has 1 unspecified atom stereocenters. The van der Waals surface area contributed by atoms with Crippen molar-refractivity contribution in [1.29, 1.82) is 5.41 Å². The van der Waals surface area contributed by atoms with Gasteiger partial charge >= 0.3 is 24.0 Å². The molecule has 1 heterocycles. The minimum absolute atomic E-state index is 0.00790. The van der Waals surface area contributed by atoms with E-state index >= 15 is 0 Å². The number of hydrogen-bond donors (Lipinski definition) is 3. The molecule has 35 heavy (non-hydrogen) atoms. The summed E-state index contributed by atoms with van der Waals surface area (Å²) in [6.07, 6.45) is -2.01. The molecule has 2 aromatic carbocycles. The van der Waals surface area contributed by atoms with Crippen LogP contribution in [0.2, 0.25) is 0 Å². The molecule has 12 nitrogen and oxygen atoms in total. The molecule has 184 valence electrons. The number of cyclic esters (lactones) is 1. The third-order valence-corrected chi connectivity index (χ3v) is 5.16. The Bertz CT molecular complexity index is 1190. The van der Waals surface area contributed by atoms with Crippen LogP contribution in [0.1, 0.15) is 31.8 Å². The van der Waals surface area contributed by atoms with Crippen molar-refractivity contribution in [2.45, 2.75) is 12.5 Å². The van der Waals surface area contributed by atoms with Crippen molar-refractivity contribution >= 4 is 35.5 Å². The number of ether oxygens (including phenoxy) is 4. The molecule has 0 radical (unpaired) electrons. The number of nitrogens with one attached hydrogen (secondary N) is 1. The lowest BCUT2D eigenvalue weighted by Gasteiger charge is -2.18. The lowest BCUT2D eigenvalue weighted by molar-refractivity contribution is -0.136. The number of nitrogens with zero attached hydrogens (tertiary/aromatic N) is 1. The number of carbonyl (C=O) groups excluding carboxylic acids is 3. The van der Waals surface area contributed by atoms with Gasteiger partial charge in [0.05, 0.1) is 38.3 Å². The van der Waals surface area contributed by atoms with Gasteiger partial charge in [0.1, 0.15) is 18.2 Å². The van der Waals surface area contributed by atoms with E-state index in [1.54, 1.807) is 24.3 Å². The Hall–Kier alpha value is -4.61. The summed E-state index contributed by atoms with van der Waals surface area (Å²) in [6, 6.07) is 9.12. The van der Waals surface area contributed by atoms with Gasteiger partial charge in [-0.05, 0) is 24.3 Å². The summed E-state index contributed by atoms with van der Waals surface area (Å²) >= 11 is 0. The molecule has 1 atom stereocenters. The zero-order chi connectivity index (χ0) is 25.7. The van der Waals surface area contributed by atoms with Crippen LogP contribution in [-0.4, -0.2) is 68.4 Å². The van der Waals surface area contributed by atoms with E-state index in [1.807, 2.05) is 0 Å². The maximum atomic E-state index is 12.4. The van der Waals surface area contributed by atoms with E-state index in [0.29, 0.717) is 11.3 Å². The van der Waals surface area contributed by atoms with Crippen LogP contribution in [-0.2, 0) is 25.4 Å². The fourth-order valence-corrected chi connectivity index (χ4v) is 3.55. The second-order valence-electron chi connectivity index (χ2n) is 7.41. The smallest absolute Gasteiger partial charge is 0.414 e. The molecule has 0 saturated carbocycles. The normalized spacial score (nSPS) is 14.7. The predicted molar refractivity (Wildman–Crippen MR) is 121 cm³/mol. The number of amidine groups is 1. The highest BCUT2D eigenvalue weighted by atomic mass is 16.6. The summed E-state index contributed by atoms with van der Waals surface area (Å²) in [5.74, 6) is -3.20. The van der Waals surface area contributed by atoms with Gasteiger partial charge in [-0.2, -0.15) is 0 Å². The maximum absolute atomic E-state index is 12.4. The topological polar surface area (TPSA) is 179 Å². The number of rotatable bonds is 9. The number of esters is 2. The van der Waals surface area contributed by atoms with Crippen LogP contribution in [0.4, 0.5) is 10.5 Å². The largest absolute Gasteiger partial charge is 0.489 e. The summed E-state index contributed by atoms with van der Waals surface area (Å²) in [4.78, 5) is 49.8. The Morgan fingerprint density at radius 2 is 1.89 bits per heavy atom. The van der Waals surface area contributed by atoms with E-state index < -0.39 is 36.5 Å². The fraction of sp³-hybridized carbons (Fsp3) is 0.261. The van der Waals surface area contributed by atoms with Crippen LogP contribution in [0.25, 0.3) is 0 Å². The molecule has 2 aromatic rings. The van der Waals surface area contributed by atoms with Crippen LogP contribution in [0, 0.1) is 5.41 Å². The van der Waals surface area contributed by atoms with Gasteiger partial charge < -0.3 is 29.8 Å². The van der Waals surface area contributed by atoms with Gasteiger partial charge in [-0.25, -0.2) is 14.4 Å². The van der Waals surface area contributed by atoms with Crippen LogP contribution in [0.15, 0.2) is 36.4 Å². The average molecular weight is 485 g/mol. The third-order valence-electron chi connectivity index (χ3n) is 5.16. The number of aliphatic carboxylic acids is 1. The highest BCUT2D eigenvalue weighted by Gasteiger charge is 2.34. The standard InChI is InChI=1S/C23H23N3O9/c1-32-21(29)15-6-7-17(16(9-18(27)28)19(15)22(30)33-2)34-11-14-10-26(23(31)35-14)13-5-3-4-12(8-13)20(24)25/h3-8,14H,9-11H2,1-2H3,(H3,24,25)(H,27,28). The van der Waals surface area contributed by atoms with Crippen LogP contribution < -0.4 is 15.4 Å². The number of carboxylic acids is 1. The van der Waals surface area contributed by atoms with Gasteiger partial charge in [-0.15, -0.1) is 0 Å². The Morgan fingerprint density at radius 1 is 1.17 bits per heavy atom. The molecule has 0 spiro atoms. The number of nitrogens with two attached hydrogens (primary N) is 1. The first-order valence-corrected chi connectivity index (χ1v) is 10.3. The monoisotopic (exact) mass is 485 g/mol. The number of carbonyl (C=O) groups is 4. The Balaban J connectivity index is 1.85. The zero-order valence-electron chi connectivity index (χ0n) is 18.9. The highest BCUT2D eigenvalue weighted by Crippen LogP contribution is 2.29. The van der Waals surface area contributed by atoms with E-state index in [1.165, 1.54) is 17.0 Å². The molecule has 4 N–H and O–H groups in total. The zero-order valence-corrected chi connectivity index (χ0v) is 18.9. The first kappa shape index (κ1) is 25.0. The Labute approximate surface area is 199 Å². The molecule has 1 amide bonds. The van der Waals surface area contributed by atoms with Crippen molar-refractivity contribution in [2.75, 3.05) is 32.3 Å². The number of methoxy groups -OCH3 is 2. The minimum Gasteiger partial charge on any atom is -0.489 e. The van der Waals surface area contributed by atoms with E-state index in [9.17, 15) is 24.3 Å². The molecule has 1 saturated heterocycles. The number of benzene rings is 2. The van der Waals surface area contributed by atoms with Crippen molar-refractivity contribution < 1.29 is 43.2 Å². The first-order valence-electron chi connectivity index (χ1n) is 10.3.